The zero-order valence-electron chi connectivity index (χ0n) is 18.7. The summed E-state index contributed by atoms with van der Waals surface area (Å²) < 4.78 is 0. The summed E-state index contributed by atoms with van der Waals surface area (Å²) in [7, 11) is 0. The first-order valence-electron chi connectivity index (χ1n) is 12.1. The van der Waals surface area contributed by atoms with Crippen molar-refractivity contribution >= 4 is 11.8 Å². The molecule has 0 heterocycles. The second-order valence-electron chi connectivity index (χ2n) is 8.42. The predicted molar refractivity (Wildman–Crippen MR) is 118 cm³/mol. The summed E-state index contributed by atoms with van der Waals surface area (Å²) in [5, 5.41) is 28.3. The number of carbonyl (C=O) groups is 2. The lowest BCUT2D eigenvalue weighted by molar-refractivity contribution is -0.151. The number of carboxylic acid groups (broad SMARTS) is 1. The van der Waals surface area contributed by atoms with Gasteiger partial charge in [-0.05, 0) is 19.3 Å². The monoisotopic (exact) mass is 414 g/mol. The zero-order valence-corrected chi connectivity index (χ0v) is 18.7. The van der Waals surface area contributed by atoms with Crippen LogP contribution in [0, 0.1) is 5.92 Å². The van der Waals surface area contributed by atoms with Crippen molar-refractivity contribution < 1.29 is 24.9 Å². The standard InChI is InChI=1S/C24H46O5/c1-2-3-4-12-15-18-21(26)23(24(28)29)22(27)19-16-13-10-8-6-5-7-9-11-14-17-20-25/h21,23,25-26H,2-20H2,1H3,(H,28,29). The molecule has 2 unspecified atom stereocenters. The van der Waals surface area contributed by atoms with Gasteiger partial charge in [0.05, 0.1) is 6.10 Å². The Kier molecular flexibility index (Phi) is 19.7. The molecule has 29 heavy (non-hydrogen) atoms. The van der Waals surface area contributed by atoms with Gasteiger partial charge < -0.3 is 15.3 Å². The number of aliphatic carboxylic acids is 1. The molecule has 0 aliphatic rings. The first-order valence-corrected chi connectivity index (χ1v) is 12.1. The molecule has 0 saturated carbocycles. The Morgan fingerprint density at radius 3 is 1.62 bits per heavy atom. The van der Waals surface area contributed by atoms with Gasteiger partial charge in [0, 0.05) is 13.0 Å². The lowest BCUT2D eigenvalue weighted by atomic mass is 9.90. The second kappa shape index (κ2) is 20.3. The van der Waals surface area contributed by atoms with Crippen molar-refractivity contribution in [2.45, 2.75) is 129 Å². The van der Waals surface area contributed by atoms with Crippen molar-refractivity contribution in [1.29, 1.82) is 0 Å². The number of aliphatic hydroxyl groups excluding tert-OH is 2. The van der Waals surface area contributed by atoms with E-state index in [4.69, 9.17) is 5.11 Å². The highest BCUT2D eigenvalue weighted by atomic mass is 16.4. The van der Waals surface area contributed by atoms with Crippen LogP contribution in [-0.2, 0) is 9.59 Å². The Bertz CT molecular complexity index is 397. The van der Waals surface area contributed by atoms with E-state index in [0.29, 0.717) is 19.4 Å². The third-order valence-electron chi connectivity index (χ3n) is 5.68. The maximum atomic E-state index is 12.3. The van der Waals surface area contributed by atoms with Gasteiger partial charge in [-0.2, -0.15) is 0 Å². The minimum atomic E-state index is -1.26. The number of carbonyl (C=O) groups excluding carboxylic acids is 1. The summed E-state index contributed by atoms with van der Waals surface area (Å²) in [6, 6.07) is 0. The molecule has 0 amide bonds. The molecule has 2 atom stereocenters. The van der Waals surface area contributed by atoms with Crippen molar-refractivity contribution in [1.82, 2.24) is 0 Å². The molecule has 0 aliphatic carbocycles. The fraction of sp³-hybridized carbons (Fsp3) is 0.917. The molecule has 0 aliphatic heterocycles. The Labute approximate surface area is 178 Å². The predicted octanol–water partition coefficient (Wildman–Crippen LogP) is 5.65. The van der Waals surface area contributed by atoms with Crippen LogP contribution in [0.15, 0.2) is 0 Å². The largest absolute Gasteiger partial charge is 0.481 e. The highest BCUT2D eigenvalue weighted by Gasteiger charge is 2.32. The van der Waals surface area contributed by atoms with Gasteiger partial charge in [-0.1, -0.05) is 96.8 Å². The van der Waals surface area contributed by atoms with Gasteiger partial charge in [0.25, 0.3) is 0 Å². The quantitative estimate of drug-likeness (QED) is 0.157. The summed E-state index contributed by atoms with van der Waals surface area (Å²) in [5.74, 6) is -2.76. The van der Waals surface area contributed by atoms with Crippen LogP contribution >= 0.6 is 0 Å². The van der Waals surface area contributed by atoms with Gasteiger partial charge in [0.1, 0.15) is 11.7 Å². The Morgan fingerprint density at radius 1 is 0.690 bits per heavy atom. The van der Waals surface area contributed by atoms with Crippen molar-refractivity contribution in [3.05, 3.63) is 0 Å². The van der Waals surface area contributed by atoms with Gasteiger partial charge >= 0.3 is 5.97 Å². The lowest BCUT2D eigenvalue weighted by Crippen LogP contribution is -2.35. The van der Waals surface area contributed by atoms with E-state index < -0.39 is 18.0 Å². The van der Waals surface area contributed by atoms with Crippen molar-refractivity contribution in [3.63, 3.8) is 0 Å². The van der Waals surface area contributed by atoms with E-state index in [1.165, 1.54) is 32.1 Å². The van der Waals surface area contributed by atoms with Gasteiger partial charge in [-0.15, -0.1) is 0 Å². The summed E-state index contributed by atoms with van der Waals surface area (Å²) in [6.07, 6.45) is 16.8. The summed E-state index contributed by atoms with van der Waals surface area (Å²) in [4.78, 5) is 23.7. The molecule has 0 aromatic heterocycles. The minimum Gasteiger partial charge on any atom is -0.481 e. The molecule has 0 aromatic carbocycles. The van der Waals surface area contributed by atoms with Gasteiger partial charge in [0.15, 0.2) is 0 Å². The van der Waals surface area contributed by atoms with Gasteiger partial charge in [0.2, 0.25) is 0 Å². The zero-order chi connectivity index (χ0) is 21.7. The molecule has 0 spiro atoms. The molecule has 5 heteroatoms. The van der Waals surface area contributed by atoms with E-state index in [0.717, 1.165) is 64.2 Å². The molecule has 0 bridgehead atoms. The third kappa shape index (κ3) is 16.5. The molecule has 5 nitrogen and oxygen atoms in total. The lowest BCUT2D eigenvalue weighted by Gasteiger charge is -2.18. The van der Waals surface area contributed by atoms with Gasteiger partial charge in [-0.3, -0.25) is 9.59 Å². The van der Waals surface area contributed by atoms with Crippen LogP contribution in [0.3, 0.4) is 0 Å². The fourth-order valence-electron chi connectivity index (χ4n) is 3.80. The van der Waals surface area contributed by atoms with Crippen LogP contribution < -0.4 is 0 Å². The van der Waals surface area contributed by atoms with Gasteiger partial charge in [-0.25, -0.2) is 0 Å². The molecule has 0 fully saturated rings. The summed E-state index contributed by atoms with van der Waals surface area (Å²) >= 11 is 0. The number of Topliss-reactive ketones (excluding diaryl/α,β-unsaturated/α-hetero) is 1. The summed E-state index contributed by atoms with van der Waals surface area (Å²) in [6.45, 7) is 2.43. The molecular formula is C24H46O5. The Hall–Kier alpha value is -0.940. The maximum Gasteiger partial charge on any atom is 0.316 e. The number of rotatable bonds is 22. The van der Waals surface area contributed by atoms with Crippen LogP contribution in [-0.4, -0.2) is 39.8 Å². The maximum absolute atomic E-state index is 12.3. The Morgan fingerprint density at radius 2 is 1.14 bits per heavy atom. The molecule has 0 saturated heterocycles. The molecule has 0 aromatic rings. The summed E-state index contributed by atoms with van der Waals surface area (Å²) in [5.41, 5.74) is 0. The second-order valence-corrected chi connectivity index (χ2v) is 8.42. The van der Waals surface area contributed by atoms with Crippen LogP contribution in [0.25, 0.3) is 0 Å². The normalized spacial score (nSPS) is 13.3. The highest BCUT2D eigenvalue weighted by molar-refractivity contribution is 5.98. The van der Waals surface area contributed by atoms with Crippen molar-refractivity contribution in [2.24, 2.45) is 5.92 Å². The van der Waals surface area contributed by atoms with Crippen molar-refractivity contribution in [2.75, 3.05) is 6.61 Å². The van der Waals surface area contributed by atoms with E-state index in [-0.39, 0.29) is 12.2 Å². The average Bonchev–Trinajstić information content (AvgIpc) is 2.68. The topological polar surface area (TPSA) is 94.8 Å². The number of aliphatic hydroxyl groups is 2. The smallest absolute Gasteiger partial charge is 0.316 e. The first-order chi connectivity index (χ1) is 14.0. The van der Waals surface area contributed by atoms with E-state index in [1.54, 1.807) is 0 Å². The van der Waals surface area contributed by atoms with E-state index >= 15 is 0 Å². The fourth-order valence-corrected chi connectivity index (χ4v) is 3.80. The first kappa shape index (κ1) is 28.1. The van der Waals surface area contributed by atoms with Crippen LogP contribution in [0.4, 0.5) is 0 Å². The SMILES string of the molecule is CCCCCCCC(O)C(C(=O)O)C(=O)CCCCCCCCCCCCCO. The number of ketones is 1. The number of unbranched alkanes of at least 4 members (excludes halogenated alkanes) is 14. The Balaban J connectivity index is 3.78. The van der Waals surface area contributed by atoms with E-state index in [9.17, 15) is 19.8 Å². The number of hydrogen-bond acceptors (Lipinski definition) is 4. The van der Waals surface area contributed by atoms with E-state index in [1.807, 2.05) is 0 Å². The van der Waals surface area contributed by atoms with Crippen LogP contribution in [0.2, 0.25) is 0 Å². The van der Waals surface area contributed by atoms with Crippen LogP contribution in [0.1, 0.15) is 122 Å². The molecular weight excluding hydrogens is 368 g/mol. The van der Waals surface area contributed by atoms with Crippen LogP contribution in [0.5, 0.6) is 0 Å². The average molecular weight is 415 g/mol. The number of hydrogen-bond donors (Lipinski definition) is 3. The molecule has 172 valence electrons. The van der Waals surface area contributed by atoms with E-state index in [2.05, 4.69) is 6.92 Å². The molecule has 3 N–H and O–H groups in total. The van der Waals surface area contributed by atoms with Crippen molar-refractivity contribution in [3.8, 4) is 0 Å². The highest BCUT2D eigenvalue weighted by Crippen LogP contribution is 2.18. The molecule has 0 rings (SSSR count). The number of carboxylic acids is 1. The minimum absolute atomic E-state index is 0.259. The third-order valence-corrected chi connectivity index (χ3v) is 5.68. The molecule has 0 radical (unpaired) electrons.